The summed E-state index contributed by atoms with van der Waals surface area (Å²) in [7, 11) is 1.56. The first-order chi connectivity index (χ1) is 15.0. The lowest BCUT2D eigenvalue weighted by molar-refractivity contribution is -0.130. The third kappa shape index (κ3) is 4.69. The third-order valence-electron chi connectivity index (χ3n) is 4.70. The van der Waals surface area contributed by atoms with Crippen LogP contribution in [-0.2, 0) is 16.1 Å². The van der Waals surface area contributed by atoms with Crippen molar-refractivity contribution >= 4 is 34.3 Å². The zero-order chi connectivity index (χ0) is 21.8. The Bertz CT molecular complexity index is 1100. The molecule has 2 N–H and O–H groups in total. The van der Waals surface area contributed by atoms with E-state index in [4.69, 9.17) is 4.74 Å². The molecule has 10 heteroatoms. The number of hydrogen-bond donors (Lipinski definition) is 2. The standard InChI is InChI=1S/C21H19N5O4S/c1-30-15-6-4-13(5-7-15)11-26-19(28)16(24-21(26)29)9-18(27)25-20-23-17(12-31-20)14-3-2-8-22-10-14/h2-8,10,12,16H,9,11H2,1H3,(H,24,29)(H,23,25,27)/t16-/m0/s1. The van der Waals surface area contributed by atoms with E-state index < -0.39 is 23.9 Å². The van der Waals surface area contributed by atoms with Gasteiger partial charge in [0, 0.05) is 23.3 Å². The summed E-state index contributed by atoms with van der Waals surface area (Å²) >= 11 is 1.27. The lowest BCUT2D eigenvalue weighted by Crippen LogP contribution is -2.34. The van der Waals surface area contributed by atoms with Crippen LogP contribution in [-0.4, -0.2) is 45.9 Å². The van der Waals surface area contributed by atoms with Crippen molar-refractivity contribution in [1.29, 1.82) is 0 Å². The highest BCUT2D eigenvalue weighted by Crippen LogP contribution is 2.24. The van der Waals surface area contributed by atoms with Crippen LogP contribution in [0.1, 0.15) is 12.0 Å². The van der Waals surface area contributed by atoms with Gasteiger partial charge in [0.25, 0.3) is 5.91 Å². The Morgan fingerprint density at radius 2 is 2.06 bits per heavy atom. The van der Waals surface area contributed by atoms with Crippen LogP contribution in [0, 0.1) is 0 Å². The molecule has 4 rings (SSSR count). The van der Waals surface area contributed by atoms with Crippen molar-refractivity contribution in [3.8, 4) is 17.0 Å². The number of carbonyl (C=O) groups is 3. The second kappa shape index (κ2) is 8.92. The average molecular weight is 437 g/mol. The molecular weight excluding hydrogens is 418 g/mol. The van der Waals surface area contributed by atoms with E-state index in [1.165, 1.54) is 11.3 Å². The number of rotatable bonds is 7. The zero-order valence-electron chi connectivity index (χ0n) is 16.6. The molecule has 0 saturated carbocycles. The number of amides is 4. The highest BCUT2D eigenvalue weighted by atomic mass is 32.1. The molecule has 3 aromatic rings. The van der Waals surface area contributed by atoms with E-state index in [0.717, 1.165) is 16.0 Å². The summed E-state index contributed by atoms with van der Waals surface area (Å²) in [6, 6.07) is 9.31. The molecule has 158 valence electrons. The van der Waals surface area contributed by atoms with E-state index in [2.05, 4.69) is 20.6 Å². The van der Waals surface area contributed by atoms with E-state index in [1.54, 1.807) is 49.8 Å². The van der Waals surface area contributed by atoms with E-state index in [0.29, 0.717) is 16.6 Å². The zero-order valence-corrected chi connectivity index (χ0v) is 17.4. The molecule has 0 aliphatic carbocycles. The predicted octanol–water partition coefficient (Wildman–Crippen LogP) is 2.66. The Hall–Kier alpha value is -3.79. The second-order valence-corrected chi connectivity index (χ2v) is 7.66. The van der Waals surface area contributed by atoms with Gasteiger partial charge in [-0.3, -0.25) is 19.5 Å². The van der Waals surface area contributed by atoms with Crippen molar-refractivity contribution in [3.05, 3.63) is 59.7 Å². The van der Waals surface area contributed by atoms with Crippen LogP contribution in [0.15, 0.2) is 54.2 Å². The summed E-state index contributed by atoms with van der Waals surface area (Å²) in [5, 5.41) is 7.48. The molecule has 31 heavy (non-hydrogen) atoms. The first-order valence-corrected chi connectivity index (χ1v) is 10.3. The number of benzene rings is 1. The van der Waals surface area contributed by atoms with E-state index >= 15 is 0 Å². The molecule has 1 aromatic carbocycles. The Kier molecular flexibility index (Phi) is 5.89. The molecule has 0 spiro atoms. The van der Waals surface area contributed by atoms with Gasteiger partial charge >= 0.3 is 6.03 Å². The summed E-state index contributed by atoms with van der Waals surface area (Å²) in [5.74, 6) is -0.160. The Labute approximate surface area is 182 Å². The van der Waals surface area contributed by atoms with Crippen LogP contribution in [0.25, 0.3) is 11.3 Å². The summed E-state index contributed by atoms with van der Waals surface area (Å²) < 4.78 is 5.11. The minimum absolute atomic E-state index is 0.119. The summed E-state index contributed by atoms with van der Waals surface area (Å²) in [6.07, 6.45) is 3.18. The topological polar surface area (TPSA) is 114 Å². The molecular formula is C21H19N5O4S. The van der Waals surface area contributed by atoms with Crippen LogP contribution in [0.4, 0.5) is 9.93 Å². The molecule has 2 aromatic heterocycles. The smallest absolute Gasteiger partial charge is 0.325 e. The van der Waals surface area contributed by atoms with Gasteiger partial charge in [-0.15, -0.1) is 11.3 Å². The molecule has 3 heterocycles. The summed E-state index contributed by atoms with van der Waals surface area (Å²) in [6.45, 7) is 0.119. The Morgan fingerprint density at radius 3 is 2.77 bits per heavy atom. The molecule has 1 fully saturated rings. The monoisotopic (exact) mass is 437 g/mol. The van der Waals surface area contributed by atoms with Crippen molar-refractivity contribution in [3.63, 3.8) is 0 Å². The molecule has 1 aliphatic heterocycles. The second-order valence-electron chi connectivity index (χ2n) is 6.81. The minimum atomic E-state index is -0.913. The molecule has 0 radical (unpaired) electrons. The highest BCUT2D eigenvalue weighted by molar-refractivity contribution is 7.14. The number of pyridine rings is 1. The quantitative estimate of drug-likeness (QED) is 0.550. The lowest BCUT2D eigenvalue weighted by atomic mass is 10.1. The average Bonchev–Trinajstić information content (AvgIpc) is 3.35. The minimum Gasteiger partial charge on any atom is -0.497 e. The number of aromatic nitrogens is 2. The number of nitrogens with one attached hydrogen (secondary N) is 2. The van der Waals surface area contributed by atoms with Crippen LogP contribution >= 0.6 is 11.3 Å². The first-order valence-electron chi connectivity index (χ1n) is 9.44. The molecule has 1 aliphatic rings. The first kappa shape index (κ1) is 20.5. The number of carbonyl (C=O) groups excluding carboxylic acids is 3. The summed E-state index contributed by atoms with van der Waals surface area (Å²) in [5.41, 5.74) is 2.32. The van der Waals surface area contributed by atoms with Crippen molar-refractivity contribution in [1.82, 2.24) is 20.2 Å². The number of methoxy groups -OCH3 is 1. The predicted molar refractivity (Wildman–Crippen MR) is 114 cm³/mol. The number of imide groups is 1. The van der Waals surface area contributed by atoms with Gasteiger partial charge in [-0.1, -0.05) is 12.1 Å². The number of anilines is 1. The van der Waals surface area contributed by atoms with Gasteiger partial charge in [0.1, 0.15) is 11.8 Å². The molecule has 9 nitrogen and oxygen atoms in total. The largest absolute Gasteiger partial charge is 0.497 e. The van der Waals surface area contributed by atoms with Gasteiger partial charge in [-0.25, -0.2) is 9.78 Å². The van der Waals surface area contributed by atoms with E-state index in [-0.39, 0.29) is 13.0 Å². The maximum Gasteiger partial charge on any atom is 0.325 e. The Morgan fingerprint density at radius 1 is 1.26 bits per heavy atom. The van der Waals surface area contributed by atoms with Crippen LogP contribution in [0.5, 0.6) is 5.75 Å². The van der Waals surface area contributed by atoms with E-state index in [1.807, 2.05) is 11.4 Å². The van der Waals surface area contributed by atoms with Gasteiger partial charge in [0.15, 0.2) is 5.13 Å². The number of hydrogen-bond acceptors (Lipinski definition) is 7. The number of thiazole rings is 1. The maximum atomic E-state index is 12.6. The van der Waals surface area contributed by atoms with Crippen molar-refractivity contribution in [2.75, 3.05) is 12.4 Å². The number of nitrogens with zero attached hydrogens (tertiary/aromatic N) is 3. The van der Waals surface area contributed by atoms with Gasteiger partial charge in [-0.05, 0) is 29.8 Å². The van der Waals surface area contributed by atoms with Crippen LogP contribution < -0.4 is 15.4 Å². The molecule has 0 bridgehead atoms. The fraction of sp³-hybridized carbons (Fsp3) is 0.190. The normalized spacial score (nSPS) is 15.6. The lowest BCUT2D eigenvalue weighted by Gasteiger charge is -2.13. The van der Waals surface area contributed by atoms with Gasteiger partial charge in [-0.2, -0.15) is 0 Å². The number of urea groups is 1. The highest BCUT2D eigenvalue weighted by Gasteiger charge is 2.39. The van der Waals surface area contributed by atoms with Crippen molar-refractivity contribution in [2.24, 2.45) is 0 Å². The van der Waals surface area contributed by atoms with Crippen molar-refractivity contribution < 1.29 is 19.1 Å². The third-order valence-corrected chi connectivity index (χ3v) is 5.46. The molecule has 1 atom stereocenters. The number of ether oxygens (including phenoxy) is 1. The fourth-order valence-electron chi connectivity index (χ4n) is 3.11. The molecule has 1 saturated heterocycles. The van der Waals surface area contributed by atoms with Gasteiger partial charge in [0.2, 0.25) is 5.91 Å². The summed E-state index contributed by atoms with van der Waals surface area (Å²) in [4.78, 5) is 46.8. The molecule has 0 unspecified atom stereocenters. The SMILES string of the molecule is COc1ccc(CN2C(=O)N[C@@H](CC(=O)Nc3nc(-c4cccnc4)cs3)C2=O)cc1. The molecule has 4 amide bonds. The van der Waals surface area contributed by atoms with Crippen molar-refractivity contribution in [2.45, 2.75) is 19.0 Å². The van der Waals surface area contributed by atoms with Crippen LogP contribution in [0.3, 0.4) is 0 Å². The maximum absolute atomic E-state index is 12.6. The fourth-order valence-corrected chi connectivity index (χ4v) is 3.85. The van der Waals surface area contributed by atoms with Gasteiger partial charge in [0.05, 0.1) is 25.8 Å². The van der Waals surface area contributed by atoms with Gasteiger partial charge < -0.3 is 15.4 Å². The van der Waals surface area contributed by atoms with Crippen LogP contribution in [0.2, 0.25) is 0 Å². The Balaban J connectivity index is 1.35. The van der Waals surface area contributed by atoms with E-state index in [9.17, 15) is 14.4 Å².